The van der Waals surface area contributed by atoms with Crippen LogP contribution in [0.1, 0.15) is 15.5 Å². The Hall–Kier alpha value is -2.95. The van der Waals surface area contributed by atoms with E-state index in [0.29, 0.717) is 28.5 Å². The first-order chi connectivity index (χ1) is 13.1. The minimum atomic E-state index is -0.416. The van der Waals surface area contributed by atoms with Gasteiger partial charge in [0.25, 0.3) is 5.91 Å². The van der Waals surface area contributed by atoms with Crippen molar-refractivity contribution in [3.63, 3.8) is 0 Å². The van der Waals surface area contributed by atoms with E-state index in [1.54, 1.807) is 23.2 Å². The Morgan fingerprint density at radius 1 is 1.26 bits per heavy atom. The molecule has 0 radical (unpaired) electrons. The fourth-order valence-electron chi connectivity index (χ4n) is 2.43. The zero-order chi connectivity index (χ0) is 18.8. The summed E-state index contributed by atoms with van der Waals surface area (Å²) in [4.78, 5) is 21.3. The van der Waals surface area contributed by atoms with E-state index >= 15 is 0 Å². The van der Waals surface area contributed by atoms with Crippen LogP contribution in [0.3, 0.4) is 0 Å². The lowest BCUT2D eigenvalue weighted by Gasteiger charge is -2.09. The first-order valence-corrected chi connectivity index (χ1v) is 9.60. The summed E-state index contributed by atoms with van der Waals surface area (Å²) in [6.45, 7) is 0.303. The fraction of sp³-hybridized carbons (Fsp3) is 0.0588. The molecule has 1 aromatic carbocycles. The molecule has 0 atom stereocenters. The maximum absolute atomic E-state index is 13.8. The predicted molar refractivity (Wildman–Crippen MR) is 103 cm³/mol. The second-order valence-electron chi connectivity index (χ2n) is 5.50. The lowest BCUT2D eigenvalue weighted by molar-refractivity contribution is 0.102. The Balaban J connectivity index is 1.61. The summed E-state index contributed by atoms with van der Waals surface area (Å²) in [5.74, 6) is -0.802. The Morgan fingerprint density at radius 3 is 2.89 bits per heavy atom. The maximum Gasteiger partial charge on any atom is 0.275 e. The van der Waals surface area contributed by atoms with Gasteiger partial charge in [0.15, 0.2) is 0 Å². The number of thiazole rings is 2. The first kappa shape index (κ1) is 17.5. The van der Waals surface area contributed by atoms with Crippen LogP contribution in [0, 0.1) is 5.82 Å². The van der Waals surface area contributed by atoms with Gasteiger partial charge in [-0.15, -0.1) is 22.7 Å². The van der Waals surface area contributed by atoms with Crippen LogP contribution in [-0.4, -0.2) is 26.1 Å². The van der Waals surface area contributed by atoms with Gasteiger partial charge >= 0.3 is 0 Å². The number of H-pyrrole nitrogens is 1. The SMILES string of the molecule is NCc1nc(-c2cc(F)ccc2NC(=O)c2csc(-c3cn[nH]c3)n2)cs1. The van der Waals surface area contributed by atoms with Gasteiger partial charge in [0.1, 0.15) is 21.5 Å². The van der Waals surface area contributed by atoms with Gasteiger partial charge in [-0.2, -0.15) is 5.10 Å². The monoisotopic (exact) mass is 400 g/mol. The van der Waals surface area contributed by atoms with Gasteiger partial charge in [-0.05, 0) is 18.2 Å². The number of benzene rings is 1. The molecule has 0 aliphatic carbocycles. The molecule has 0 saturated carbocycles. The molecule has 0 unspecified atom stereocenters. The third kappa shape index (κ3) is 3.63. The molecule has 7 nitrogen and oxygen atoms in total. The van der Waals surface area contributed by atoms with Crippen molar-refractivity contribution >= 4 is 34.3 Å². The summed E-state index contributed by atoms with van der Waals surface area (Å²) in [6, 6.07) is 4.13. The number of aromatic amines is 1. The van der Waals surface area contributed by atoms with Crippen LogP contribution >= 0.6 is 22.7 Å². The Morgan fingerprint density at radius 2 is 2.15 bits per heavy atom. The summed E-state index contributed by atoms with van der Waals surface area (Å²) in [5, 5.41) is 14.2. The summed E-state index contributed by atoms with van der Waals surface area (Å²) in [7, 11) is 0. The second-order valence-corrected chi connectivity index (χ2v) is 7.30. The van der Waals surface area contributed by atoms with E-state index in [2.05, 4.69) is 25.5 Å². The van der Waals surface area contributed by atoms with Crippen molar-refractivity contribution in [1.29, 1.82) is 0 Å². The van der Waals surface area contributed by atoms with E-state index < -0.39 is 5.82 Å². The van der Waals surface area contributed by atoms with E-state index in [0.717, 1.165) is 10.6 Å². The average Bonchev–Trinajstić information content (AvgIpc) is 3.42. The largest absolute Gasteiger partial charge is 0.325 e. The van der Waals surface area contributed by atoms with E-state index in [-0.39, 0.29) is 11.6 Å². The van der Waals surface area contributed by atoms with Gasteiger partial charge in [0.2, 0.25) is 0 Å². The lowest BCUT2D eigenvalue weighted by atomic mass is 10.1. The van der Waals surface area contributed by atoms with E-state index in [9.17, 15) is 9.18 Å². The third-order valence-corrected chi connectivity index (χ3v) is 5.48. The van der Waals surface area contributed by atoms with Crippen LogP contribution in [0.5, 0.6) is 0 Å². The molecule has 3 heterocycles. The highest BCUT2D eigenvalue weighted by atomic mass is 32.1. The molecular weight excluding hydrogens is 387 g/mol. The standard InChI is InChI=1S/C17H13FN6OS2/c18-10-1-2-12(11(3-10)13-7-26-15(4-19)22-13)23-16(25)14-8-27-17(24-14)9-5-20-21-6-9/h1-3,5-8H,4,19H2,(H,20,21)(H,23,25). The number of aromatic nitrogens is 4. The molecule has 0 fully saturated rings. The maximum atomic E-state index is 13.8. The molecule has 136 valence electrons. The first-order valence-electron chi connectivity index (χ1n) is 7.84. The quantitative estimate of drug-likeness (QED) is 0.475. The highest BCUT2D eigenvalue weighted by molar-refractivity contribution is 7.13. The second kappa shape index (κ2) is 7.35. The molecule has 0 spiro atoms. The molecular formula is C17H13FN6OS2. The van der Waals surface area contributed by atoms with Crippen LogP contribution in [-0.2, 0) is 6.54 Å². The molecule has 27 heavy (non-hydrogen) atoms. The number of amides is 1. The molecule has 0 aliphatic rings. The lowest BCUT2D eigenvalue weighted by Crippen LogP contribution is -2.13. The van der Waals surface area contributed by atoms with E-state index in [1.165, 1.54) is 40.9 Å². The molecule has 4 N–H and O–H groups in total. The Kier molecular flexibility index (Phi) is 4.75. The van der Waals surface area contributed by atoms with E-state index in [1.807, 2.05) is 0 Å². The molecule has 0 saturated heterocycles. The number of anilines is 1. The van der Waals surface area contributed by atoms with Crippen LogP contribution in [0.2, 0.25) is 0 Å². The number of nitrogens with one attached hydrogen (secondary N) is 2. The molecule has 0 aliphatic heterocycles. The number of carbonyl (C=O) groups is 1. The minimum absolute atomic E-state index is 0.271. The third-order valence-electron chi connectivity index (χ3n) is 3.71. The van der Waals surface area contributed by atoms with Crippen LogP contribution in [0.15, 0.2) is 41.4 Å². The van der Waals surface area contributed by atoms with Crippen molar-refractivity contribution in [2.24, 2.45) is 5.73 Å². The van der Waals surface area contributed by atoms with E-state index in [4.69, 9.17) is 5.73 Å². The minimum Gasteiger partial charge on any atom is -0.325 e. The van der Waals surface area contributed by atoms with Crippen LogP contribution < -0.4 is 11.1 Å². The van der Waals surface area contributed by atoms with Crippen molar-refractivity contribution < 1.29 is 9.18 Å². The van der Waals surface area contributed by atoms with Gasteiger partial charge in [0.05, 0.1) is 17.6 Å². The van der Waals surface area contributed by atoms with Gasteiger partial charge < -0.3 is 11.1 Å². The van der Waals surface area contributed by atoms with Crippen LogP contribution in [0.25, 0.3) is 21.8 Å². The topological polar surface area (TPSA) is 110 Å². The molecule has 4 rings (SSSR count). The normalized spacial score (nSPS) is 10.9. The highest BCUT2D eigenvalue weighted by Crippen LogP contribution is 2.31. The van der Waals surface area contributed by atoms with Gasteiger partial charge in [-0.25, -0.2) is 14.4 Å². The van der Waals surface area contributed by atoms with Gasteiger partial charge in [0, 0.05) is 34.6 Å². The molecule has 0 bridgehead atoms. The Bertz CT molecular complexity index is 1090. The summed E-state index contributed by atoms with van der Waals surface area (Å²) in [6.07, 6.45) is 3.34. The average molecular weight is 400 g/mol. The van der Waals surface area contributed by atoms with Crippen molar-refractivity contribution in [3.05, 3.63) is 57.9 Å². The van der Waals surface area contributed by atoms with Crippen molar-refractivity contribution in [2.45, 2.75) is 6.54 Å². The summed E-state index contributed by atoms with van der Waals surface area (Å²) >= 11 is 2.72. The van der Waals surface area contributed by atoms with Gasteiger partial charge in [-0.1, -0.05) is 0 Å². The number of carbonyl (C=O) groups excluding carboxylic acids is 1. The van der Waals surface area contributed by atoms with Crippen LogP contribution in [0.4, 0.5) is 10.1 Å². The van der Waals surface area contributed by atoms with Gasteiger partial charge in [-0.3, -0.25) is 9.89 Å². The number of hydrogen-bond donors (Lipinski definition) is 3. The van der Waals surface area contributed by atoms with Crippen molar-refractivity contribution in [3.8, 4) is 21.8 Å². The zero-order valence-corrected chi connectivity index (χ0v) is 15.4. The predicted octanol–water partition coefficient (Wildman–Crippen LogP) is 3.51. The van der Waals surface area contributed by atoms with Crippen molar-refractivity contribution in [2.75, 3.05) is 5.32 Å². The zero-order valence-electron chi connectivity index (χ0n) is 13.8. The highest BCUT2D eigenvalue weighted by Gasteiger charge is 2.16. The summed E-state index contributed by atoms with van der Waals surface area (Å²) in [5.41, 5.74) is 8.18. The number of nitrogens with two attached hydrogens (primary N) is 1. The molecule has 10 heteroatoms. The number of hydrogen-bond acceptors (Lipinski definition) is 7. The number of halogens is 1. The molecule has 4 aromatic rings. The Labute approximate surface area is 161 Å². The number of nitrogens with zero attached hydrogens (tertiary/aromatic N) is 3. The van der Waals surface area contributed by atoms with Crippen molar-refractivity contribution in [1.82, 2.24) is 20.2 Å². The molecule has 3 aromatic heterocycles. The summed E-state index contributed by atoms with van der Waals surface area (Å²) < 4.78 is 13.8. The fourth-order valence-corrected chi connectivity index (χ4v) is 3.89. The molecule has 1 amide bonds. The smallest absolute Gasteiger partial charge is 0.275 e. The number of rotatable bonds is 5.